The quantitative estimate of drug-likeness (QED) is 0.184. The van der Waals surface area contributed by atoms with Crippen molar-refractivity contribution in [2.45, 2.75) is 0 Å². The van der Waals surface area contributed by atoms with E-state index in [9.17, 15) is 4.11 Å². The van der Waals surface area contributed by atoms with Gasteiger partial charge in [-0.05, 0) is 46.5 Å². The van der Waals surface area contributed by atoms with Crippen LogP contribution < -0.4 is 0 Å². The van der Waals surface area contributed by atoms with E-state index in [0.717, 1.165) is 38.6 Å². The minimum absolute atomic E-state index is 0.0624. The summed E-state index contributed by atoms with van der Waals surface area (Å²) < 4.78 is 62.1. The third-order valence-corrected chi connectivity index (χ3v) is 9.99. The molecular formula is C45H27N3OS. The standard InChI is InChI=1S/C45H27N3OS/c1-3-10-28(11-4-1)29-18-20-31(21-19-29)44-46-43(30-12-5-2-6-13-30)47-45(48-44)33-22-24-36-37-16-9-15-34(42(37)50-41(36)27-33)32-23-25-40-38(26-32)35-14-7-8-17-39(35)49-40/h1-27H/i9D,15D,16D,22D,24D,27D. The van der Waals surface area contributed by atoms with E-state index in [1.165, 1.54) is 11.3 Å². The molecule has 0 aliphatic rings. The van der Waals surface area contributed by atoms with Crippen LogP contribution in [-0.2, 0) is 0 Å². The molecule has 0 saturated carbocycles. The number of para-hydroxylation sites is 1. The minimum Gasteiger partial charge on any atom is -0.456 e. The molecule has 5 heteroatoms. The third kappa shape index (κ3) is 4.87. The van der Waals surface area contributed by atoms with Gasteiger partial charge < -0.3 is 4.42 Å². The third-order valence-electron chi connectivity index (χ3n) is 8.87. The van der Waals surface area contributed by atoms with Gasteiger partial charge in [-0.1, -0.05) is 139 Å². The second-order valence-corrected chi connectivity index (χ2v) is 13.0. The first kappa shape index (κ1) is 23.0. The number of hydrogen-bond acceptors (Lipinski definition) is 5. The van der Waals surface area contributed by atoms with Crippen LogP contribution in [0.4, 0.5) is 0 Å². The number of fused-ring (bicyclic) bond motifs is 6. The maximum absolute atomic E-state index is 9.59. The molecule has 3 heterocycles. The van der Waals surface area contributed by atoms with Gasteiger partial charge in [-0.25, -0.2) is 15.0 Å². The average Bonchev–Trinajstić information content (AvgIpc) is 3.82. The maximum atomic E-state index is 9.59. The highest BCUT2D eigenvalue weighted by Gasteiger charge is 2.16. The average molecular weight is 664 g/mol. The second kappa shape index (κ2) is 11.6. The van der Waals surface area contributed by atoms with Gasteiger partial charge in [0.15, 0.2) is 17.5 Å². The molecule has 10 aromatic rings. The molecule has 0 aliphatic carbocycles. The first-order valence-corrected chi connectivity index (χ1v) is 16.9. The second-order valence-electron chi connectivity index (χ2n) is 11.9. The Labute approximate surface area is 300 Å². The number of furan rings is 1. The molecule has 0 bridgehead atoms. The summed E-state index contributed by atoms with van der Waals surface area (Å²) in [6.07, 6.45) is 0. The molecule has 0 unspecified atom stereocenters. The monoisotopic (exact) mass is 663 g/mol. The summed E-state index contributed by atoms with van der Waals surface area (Å²) in [5.74, 6) is 0.788. The number of benzene rings is 7. The molecule has 0 spiro atoms. The molecule has 3 aromatic heterocycles. The summed E-state index contributed by atoms with van der Waals surface area (Å²) in [5.41, 5.74) is 6.09. The Morgan fingerprint density at radius 3 is 1.84 bits per heavy atom. The summed E-state index contributed by atoms with van der Waals surface area (Å²) in [6, 6.07) is 39.4. The molecule has 4 nitrogen and oxygen atoms in total. The van der Waals surface area contributed by atoms with Crippen molar-refractivity contribution in [3.05, 3.63) is 164 Å². The predicted octanol–water partition coefficient (Wildman–Crippen LogP) is 12.5. The normalized spacial score (nSPS) is 13.3. The largest absolute Gasteiger partial charge is 0.456 e. The number of thiophene rings is 1. The molecule has 0 N–H and O–H groups in total. The fourth-order valence-corrected chi connectivity index (χ4v) is 7.53. The van der Waals surface area contributed by atoms with Crippen molar-refractivity contribution in [3.8, 4) is 56.4 Å². The van der Waals surface area contributed by atoms with E-state index in [0.29, 0.717) is 37.8 Å². The molecule has 0 amide bonds. The first-order chi connectivity index (χ1) is 27.3. The van der Waals surface area contributed by atoms with Crippen LogP contribution in [0.25, 0.3) is 98.5 Å². The SMILES string of the molecule is [2H]c1c([2H])c([2H])c2c(sc3c([2H])c(-c4nc(-c5ccccc5)nc(-c5ccc(-c6ccccc6)cc5)n4)c([2H])c([2H])c32)c1-c1ccc2oc3ccccc3c2c1. The molecule has 10 rings (SSSR count). The van der Waals surface area contributed by atoms with Crippen molar-refractivity contribution in [2.24, 2.45) is 0 Å². The van der Waals surface area contributed by atoms with Gasteiger partial charge in [0.1, 0.15) is 11.2 Å². The number of hydrogen-bond donors (Lipinski definition) is 0. The van der Waals surface area contributed by atoms with Crippen molar-refractivity contribution in [1.29, 1.82) is 0 Å². The fourth-order valence-electron chi connectivity index (χ4n) is 6.39. The lowest BCUT2D eigenvalue weighted by molar-refractivity contribution is 0.669. The van der Waals surface area contributed by atoms with E-state index < -0.39 is 0 Å². The molecule has 7 aromatic carbocycles. The number of rotatable bonds is 5. The first-order valence-electron chi connectivity index (χ1n) is 19.1. The highest BCUT2D eigenvalue weighted by molar-refractivity contribution is 7.26. The van der Waals surface area contributed by atoms with E-state index in [1.54, 1.807) is 0 Å². The molecule has 0 aliphatic heterocycles. The maximum Gasteiger partial charge on any atom is 0.164 e. The van der Waals surface area contributed by atoms with Gasteiger partial charge in [-0.2, -0.15) is 0 Å². The van der Waals surface area contributed by atoms with Crippen LogP contribution in [0, 0.1) is 0 Å². The van der Waals surface area contributed by atoms with E-state index in [4.69, 9.17) is 23.5 Å². The van der Waals surface area contributed by atoms with Crippen LogP contribution in [0.5, 0.6) is 0 Å². The zero-order chi connectivity index (χ0) is 38.2. The Morgan fingerprint density at radius 1 is 0.460 bits per heavy atom. The van der Waals surface area contributed by atoms with E-state index in [1.807, 2.05) is 127 Å². The molecule has 0 fully saturated rings. The lowest BCUT2D eigenvalue weighted by Crippen LogP contribution is -2.00. The zero-order valence-electron chi connectivity index (χ0n) is 32.3. The summed E-state index contributed by atoms with van der Waals surface area (Å²) >= 11 is 1.18. The summed E-state index contributed by atoms with van der Waals surface area (Å²) in [4.78, 5) is 14.5. The highest BCUT2D eigenvalue weighted by Crippen LogP contribution is 2.42. The Kier molecular flexibility index (Phi) is 5.35. The van der Waals surface area contributed by atoms with Gasteiger partial charge in [0.05, 0.1) is 8.22 Å². The Bertz CT molecular complexity index is 3200. The summed E-state index contributed by atoms with van der Waals surface area (Å²) in [5, 5.41) is 2.26. The minimum atomic E-state index is -0.293. The van der Waals surface area contributed by atoms with Crippen molar-refractivity contribution in [1.82, 2.24) is 15.0 Å². The molecular weight excluding hydrogens is 631 g/mol. The molecule has 50 heavy (non-hydrogen) atoms. The topological polar surface area (TPSA) is 51.8 Å². The van der Waals surface area contributed by atoms with Crippen LogP contribution in [0.3, 0.4) is 0 Å². The lowest BCUT2D eigenvalue weighted by atomic mass is 10.0. The van der Waals surface area contributed by atoms with Crippen molar-refractivity contribution in [2.75, 3.05) is 0 Å². The van der Waals surface area contributed by atoms with Crippen LogP contribution >= 0.6 is 11.3 Å². The van der Waals surface area contributed by atoms with E-state index >= 15 is 0 Å². The van der Waals surface area contributed by atoms with Gasteiger partial charge in [0.2, 0.25) is 0 Å². The van der Waals surface area contributed by atoms with Gasteiger partial charge >= 0.3 is 0 Å². The van der Waals surface area contributed by atoms with Crippen molar-refractivity contribution >= 4 is 53.4 Å². The van der Waals surface area contributed by atoms with Crippen LogP contribution in [0.2, 0.25) is 0 Å². The summed E-state index contributed by atoms with van der Waals surface area (Å²) in [6.45, 7) is 0. The molecule has 0 saturated heterocycles. The molecule has 0 radical (unpaired) electrons. The van der Waals surface area contributed by atoms with Gasteiger partial charge in [0, 0.05) is 47.6 Å². The van der Waals surface area contributed by atoms with Crippen LogP contribution in [0.1, 0.15) is 8.22 Å². The Balaban J connectivity index is 1.20. The Hall–Kier alpha value is -6.43. The predicted molar refractivity (Wildman–Crippen MR) is 207 cm³/mol. The van der Waals surface area contributed by atoms with E-state index in [-0.39, 0.29) is 58.4 Å². The number of aromatic nitrogens is 3. The van der Waals surface area contributed by atoms with Gasteiger partial charge in [0.25, 0.3) is 0 Å². The van der Waals surface area contributed by atoms with Crippen LogP contribution in [0.15, 0.2) is 168 Å². The van der Waals surface area contributed by atoms with Gasteiger partial charge in [-0.15, -0.1) is 11.3 Å². The Morgan fingerprint density at radius 2 is 1.06 bits per heavy atom. The fraction of sp³-hybridized carbons (Fsp3) is 0. The molecule has 0 atom stereocenters. The van der Waals surface area contributed by atoms with E-state index in [2.05, 4.69) is 0 Å². The van der Waals surface area contributed by atoms with Crippen molar-refractivity contribution in [3.63, 3.8) is 0 Å². The lowest BCUT2D eigenvalue weighted by Gasteiger charge is -2.09. The number of nitrogens with zero attached hydrogens (tertiary/aromatic N) is 3. The highest BCUT2D eigenvalue weighted by atomic mass is 32.1. The van der Waals surface area contributed by atoms with Crippen LogP contribution in [-0.4, -0.2) is 15.0 Å². The van der Waals surface area contributed by atoms with Gasteiger partial charge in [-0.3, -0.25) is 0 Å². The zero-order valence-corrected chi connectivity index (χ0v) is 27.1. The summed E-state index contributed by atoms with van der Waals surface area (Å²) in [7, 11) is 0. The molecule has 234 valence electrons. The van der Waals surface area contributed by atoms with Crippen molar-refractivity contribution < 1.29 is 12.6 Å². The smallest absolute Gasteiger partial charge is 0.164 e.